The monoisotopic (exact) mass is 181 g/mol. The van der Waals surface area contributed by atoms with Gasteiger partial charge in [-0.1, -0.05) is 0 Å². The van der Waals surface area contributed by atoms with Crippen molar-refractivity contribution in [1.29, 1.82) is 0 Å². The first-order chi connectivity index (χ1) is 4.54. The van der Waals surface area contributed by atoms with Gasteiger partial charge in [0.05, 0.1) is 6.42 Å². The van der Waals surface area contributed by atoms with Gasteiger partial charge in [-0.2, -0.15) is 0 Å². The first kappa shape index (κ1) is 12.9. The fourth-order valence-corrected chi connectivity index (χ4v) is 0.437. The zero-order chi connectivity index (χ0) is 8.15. The number of hydrogen-bond acceptors (Lipinski definition) is 2. The molecule has 0 aliphatic rings. The third kappa shape index (κ3) is 7.12. The maximum Gasteiger partial charge on any atom is 0.303 e. The summed E-state index contributed by atoms with van der Waals surface area (Å²) in [6.07, 6.45) is -0.000648. The SMILES string of the molecule is CN(C)C(=O)CCC(=O)O.Cl. The van der Waals surface area contributed by atoms with E-state index in [0.29, 0.717) is 0 Å². The molecule has 4 nitrogen and oxygen atoms in total. The topological polar surface area (TPSA) is 57.6 Å². The maximum absolute atomic E-state index is 10.7. The van der Waals surface area contributed by atoms with E-state index in [-0.39, 0.29) is 31.2 Å². The summed E-state index contributed by atoms with van der Waals surface area (Å²) in [5.74, 6) is -1.09. The molecule has 0 atom stereocenters. The molecule has 0 rings (SSSR count). The lowest BCUT2D eigenvalue weighted by Crippen LogP contribution is -2.22. The molecule has 0 saturated heterocycles. The largest absolute Gasteiger partial charge is 0.481 e. The van der Waals surface area contributed by atoms with E-state index in [2.05, 4.69) is 0 Å². The fourth-order valence-electron chi connectivity index (χ4n) is 0.437. The second kappa shape index (κ2) is 5.97. The summed E-state index contributed by atoms with van der Waals surface area (Å²) in [4.78, 5) is 22.0. The van der Waals surface area contributed by atoms with Crippen LogP contribution in [-0.4, -0.2) is 36.0 Å². The number of halogens is 1. The third-order valence-electron chi connectivity index (χ3n) is 1.05. The van der Waals surface area contributed by atoms with Gasteiger partial charge in [-0.3, -0.25) is 9.59 Å². The number of rotatable bonds is 3. The van der Waals surface area contributed by atoms with Crippen molar-refractivity contribution in [3.8, 4) is 0 Å². The van der Waals surface area contributed by atoms with Crippen molar-refractivity contribution in [1.82, 2.24) is 4.90 Å². The van der Waals surface area contributed by atoms with Crippen molar-refractivity contribution in [3.63, 3.8) is 0 Å². The molecule has 1 N–H and O–H groups in total. The molecular weight excluding hydrogens is 170 g/mol. The summed E-state index contributed by atoms with van der Waals surface area (Å²) in [6.45, 7) is 0. The van der Waals surface area contributed by atoms with Gasteiger partial charge < -0.3 is 10.0 Å². The van der Waals surface area contributed by atoms with Gasteiger partial charge in [0.1, 0.15) is 0 Å². The normalized spacial score (nSPS) is 8.18. The highest BCUT2D eigenvalue weighted by atomic mass is 35.5. The van der Waals surface area contributed by atoms with Crippen molar-refractivity contribution in [2.45, 2.75) is 12.8 Å². The van der Waals surface area contributed by atoms with E-state index >= 15 is 0 Å². The van der Waals surface area contributed by atoms with Crippen LogP contribution in [0.1, 0.15) is 12.8 Å². The van der Waals surface area contributed by atoms with Gasteiger partial charge in [-0.05, 0) is 0 Å². The van der Waals surface area contributed by atoms with Crippen LogP contribution in [0.5, 0.6) is 0 Å². The van der Waals surface area contributed by atoms with Crippen LogP contribution in [0.4, 0.5) is 0 Å². The average Bonchev–Trinajstić information content (AvgIpc) is 1.82. The number of aliphatic carboxylic acids is 1. The van der Waals surface area contributed by atoms with Gasteiger partial charge in [0.2, 0.25) is 5.91 Å². The van der Waals surface area contributed by atoms with E-state index in [1.54, 1.807) is 14.1 Å². The number of hydrogen-bond donors (Lipinski definition) is 1. The van der Waals surface area contributed by atoms with Gasteiger partial charge in [0.15, 0.2) is 0 Å². The molecule has 11 heavy (non-hydrogen) atoms. The Labute approximate surface area is 71.6 Å². The van der Waals surface area contributed by atoms with Crippen molar-refractivity contribution in [2.75, 3.05) is 14.1 Å². The maximum atomic E-state index is 10.7. The van der Waals surface area contributed by atoms with E-state index in [1.165, 1.54) is 4.90 Å². The summed E-state index contributed by atoms with van der Waals surface area (Å²) in [5, 5.41) is 8.17. The van der Waals surface area contributed by atoms with Crippen LogP contribution < -0.4 is 0 Å². The molecule has 0 bridgehead atoms. The lowest BCUT2D eigenvalue weighted by Gasteiger charge is -2.07. The Balaban J connectivity index is 0. The number of carboxylic acids is 1. The highest BCUT2D eigenvalue weighted by molar-refractivity contribution is 5.85. The van der Waals surface area contributed by atoms with Gasteiger partial charge in [-0.15, -0.1) is 12.4 Å². The van der Waals surface area contributed by atoms with E-state index in [4.69, 9.17) is 5.11 Å². The Morgan fingerprint density at radius 2 is 1.73 bits per heavy atom. The molecule has 66 valence electrons. The van der Waals surface area contributed by atoms with E-state index in [0.717, 1.165) is 0 Å². The zero-order valence-corrected chi connectivity index (χ0v) is 7.35. The van der Waals surface area contributed by atoms with Crippen LogP contribution in [0.15, 0.2) is 0 Å². The van der Waals surface area contributed by atoms with Crippen LogP contribution in [0, 0.1) is 0 Å². The molecule has 0 unspecified atom stereocenters. The molecule has 0 aliphatic heterocycles. The number of nitrogens with zero attached hydrogens (tertiary/aromatic N) is 1. The van der Waals surface area contributed by atoms with Crippen molar-refractivity contribution >= 4 is 24.3 Å². The second-order valence-electron chi connectivity index (χ2n) is 2.18. The molecule has 0 heterocycles. The molecule has 0 spiro atoms. The van der Waals surface area contributed by atoms with Gasteiger partial charge in [0, 0.05) is 20.5 Å². The highest BCUT2D eigenvalue weighted by Gasteiger charge is 2.05. The standard InChI is InChI=1S/C6H11NO3.ClH/c1-7(2)5(8)3-4-6(9)10;/h3-4H2,1-2H3,(H,9,10);1H. The second-order valence-corrected chi connectivity index (χ2v) is 2.18. The van der Waals surface area contributed by atoms with E-state index < -0.39 is 5.97 Å². The molecule has 5 heteroatoms. The summed E-state index contributed by atoms with van der Waals surface area (Å²) in [6, 6.07) is 0. The Kier molecular flexibility index (Phi) is 6.99. The van der Waals surface area contributed by atoms with Crippen molar-refractivity contribution in [3.05, 3.63) is 0 Å². The lowest BCUT2D eigenvalue weighted by molar-refractivity contribution is -0.140. The molecule has 0 fully saturated rings. The molecular formula is C6H12ClNO3. The Hall–Kier alpha value is -0.770. The van der Waals surface area contributed by atoms with Crippen LogP contribution in [-0.2, 0) is 9.59 Å². The molecule has 0 aromatic heterocycles. The number of carbonyl (C=O) groups excluding carboxylic acids is 1. The first-order valence-corrected chi connectivity index (χ1v) is 2.96. The minimum absolute atomic E-state index is 0. The van der Waals surface area contributed by atoms with E-state index in [9.17, 15) is 9.59 Å². The molecule has 0 aromatic carbocycles. The van der Waals surface area contributed by atoms with Crippen LogP contribution in [0.3, 0.4) is 0 Å². The fraction of sp³-hybridized carbons (Fsp3) is 0.667. The van der Waals surface area contributed by atoms with Crippen molar-refractivity contribution < 1.29 is 14.7 Å². The van der Waals surface area contributed by atoms with Gasteiger partial charge >= 0.3 is 5.97 Å². The first-order valence-electron chi connectivity index (χ1n) is 2.96. The lowest BCUT2D eigenvalue weighted by atomic mass is 10.3. The van der Waals surface area contributed by atoms with Crippen molar-refractivity contribution in [2.24, 2.45) is 0 Å². The number of carbonyl (C=O) groups is 2. The molecule has 0 saturated carbocycles. The Morgan fingerprint density at radius 1 is 1.27 bits per heavy atom. The third-order valence-corrected chi connectivity index (χ3v) is 1.05. The predicted molar refractivity (Wildman–Crippen MR) is 42.8 cm³/mol. The van der Waals surface area contributed by atoms with Crippen LogP contribution in [0.2, 0.25) is 0 Å². The van der Waals surface area contributed by atoms with Gasteiger partial charge in [-0.25, -0.2) is 0 Å². The molecule has 0 aliphatic carbocycles. The number of amides is 1. The van der Waals surface area contributed by atoms with Gasteiger partial charge in [0.25, 0.3) is 0 Å². The molecule has 0 aromatic rings. The number of carboxylic acid groups (broad SMARTS) is 1. The zero-order valence-electron chi connectivity index (χ0n) is 6.53. The summed E-state index contributed by atoms with van der Waals surface area (Å²) in [7, 11) is 3.20. The molecule has 1 amide bonds. The highest BCUT2D eigenvalue weighted by Crippen LogP contribution is 1.92. The smallest absolute Gasteiger partial charge is 0.303 e. The summed E-state index contributed by atoms with van der Waals surface area (Å²) in [5.41, 5.74) is 0. The van der Waals surface area contributed by atoms with Crippen LogP contribution >= 0.6 is 12.4 Å². The Morgan fingerprint density at radius 3 is 2.00 bits per heavy atom. The average molecular weight is 182 g/mol. The quantitative estimate of drug-likeness (QED) is 0.684. The summed E-state index contributed by atoms with van der Waals surface area (Å²) >= 11 is 0. The minimum Gasteiger partial charge on any atom is -0.481 e. The minimum atomic E-state index is -0.935. The predicted octanol–water partition coefficient (Wildman–Crippen LogP) is 0.361. The van der Waals surface area contributed by atoms with Crippen LogP contribution in [0.25, 0.3) is 0 Å². The summed E-state index contributed by atoms with van der Waals surface area (Å²) < 4.78 is 0. The van der Waals surface area contributed by atoms with E-state index in [1.807, 2.05) is 0 Å². The molecule has 0 radical (unpaired) electrons. The Bertz CT molecular complexity index is 147.